The molecule has 114 valence electrons. The van der Waals surface area contributed by atoms with Crippen LogP contribution in [-0.4, -0.2) is 35.2 Å². The van der Waals surface area contributed by atoms with Crippen molar-refractivity contribution in [3.8, 4) is 0 Å². The van der Waals surface area contributed by atoms with Gasteiger partial charge in [0.05, 0.1) is 0 Å². The van der Waals surface area contributed by atoms with Gasteiger partial charge < -0.3 is 10.2 Å². The zero-order chi connectivity index (χ0) is 15.2. The molecule has 5 heteroatoms. The maximum Gasteiger partial charge on any atom is 0.223 e. The van der Waals surface area contributed by atoms with Gasteiger partial charge in [0.1, 0.15) is 0 Å². The summed E-state index contributed by atoms with van der Waals surface area (Å²) in [5.74, 6) is 0.977. The lowest BCUT2D eigenvalue weighted by Gasteiger charge is -2.34. The topological polar surface area (TPSA) is 58.1 Å². The third-order valence-corrected chi connectivity index (χ3v) is 3.75. The average molecular weight is 288 g/mol. The van der Waals surface area contributed by atoms with Gasteiger partial charge in [0.15, 0.2) is 5.82 Å². The number of aromatic nitrogens is 2. The van der Waals surface area contributed by atoms with E-state index in [0.29, 0.717) is 0 Å². The van der Waals surface area contributed by atoms with Crippen molar-refractivity contribution in [1.82, 2.24) is 15.5 Å². The average Bonchev–Trinajstić information content (AvgIpc) is 2.47. The predicted molar refractivity (Wildman–Crippen MR) is 84.0 cm³/mol. The van der Waals surface area contributed by atoms with E-state index in [1.54, 1.807) is 6.20 Å². The van der Waals surface area contributed by atoms with E-state index in [0.717, 1.165) is 43.7 Å². The Morgan fingerprint density at radius 3 is 3.10 bits per heavy atom. The van der Waals surface area contributed by atoms with E-state index < -0.39 is 0 Å². The molecule has 1 aliphatic heterocycles. The van der Waals surface area contributed by atoms with E-state index in [-0.39, 0.29) is 17.9 Å². The van der Waals surface area contributed by atoms with E-state index in [4.69, 9.17) is 0 Å². The van der Waals surface area contributed by atoms with E-state index in [1.807, 2.05) is 26.0 Å². The molecule has 1 aromatic heterocycles. The van der Waals surface area contributed by atoms with Crippen molar-refractivity contribution in [2.75, 3.05) is 18.0 Å². The second-order valence-electron chi connectivity index (χ2n) is 5.94. The number of carbonyl (C=O) groups is 1. The van der Waals surface area contributed by atoms with Gasteiger partial charge in [-0.1, -0.05) is 12.5 Å². The molecule has 1 aromatic rings. The number of allylic oxidation sites excluding steroid dienone is 1. The van der Waals surface area contributed by atoms with Crippen LogP contribution in [0.1, 0.15) is 33.1 Å². The lowest BCUT2D eigenvalue weighted by molar-refractivity contribution is -0.125. The Balaban J connectivity index is 1.89. The first-order valence-electron chi connectivity index (χ1n) is 7.53. The monoisotopic (exact) mass is 288 g/mol. The fourth-order valence-electron chi connectivity index (χ4n) is 2.72. The SMILES string of the molecule is C=C(C)CC(C)C(=O)NC1CCCN(c2cccnn2)C1. The first-order valence-corrected chi connectivity index (χ1v) is 7.53. The van der Waals surface area contributed by atoms with Crippen LogP contribution in [0.15, 0.2) is 30.5 Å². The highest BCUT2D eigenvalue weighted by Crippen LogP contribution is 2.17. The first kappa shape index (κ1) is 15.5. The molecule has 0 aromatic carbocycles. The maximum atomic E-state index is 12.2. The van der Waals surface area contributed by atoms with Gasteiger partial charge in [-0.2, -0.15) is 5.10 Å². The second kappa shape index (κ2) is 7.20. The fourth-order valence-corrected chi connectivity index (χ4v) is 2.72. The van der Waals surface area contributed by atoms with E-state index >= 15 is 0 Å². The number of nitrogens with zero attached hydrogens (tertiary/aromatic N) is 3. The number of hydrogen-bond acceptors (Lipinski definition) is 4. The van der Waals surface area contributed by atoms with E-state index in [1.165, 1.54) is 0 Å². The summed E-state index contributed by atoms with van der Waals surface area (Å²) >= 11 is 0. The van der Waals surface area contributed by atoms with Gasteiger partial charge in [-0.05, 0) is 38.3 Å². The molecule has 0 bridgehead atoms. The van der Waals surface area contributed by atoms with Crippen LogP contribution in [0, 0.1) is 5.92 Å². The van der Waals surface area contributed by atoms with Crippen molar-refractivity contribution in [3.05, 3.63) is 30.5 Å². The largest absolute Gasteiger partial charge is 0.353 e. The van der Waals surface area contributed by atoms with Crippen molar-refractivity contribution in [2.24, 2.45) is 5.92 Å². The molecular formula is C16H24N4O. The molecule has 2 unspecified atom stereocenters. The van der Waals surface area contributed by atoms with Crippen molar-refractivity contribution in [2.45, 2.75) is 39.2 Å². The molecule has 5 nitrogen and oxygen atoms in total. The molecule has 0 spiro atoms. The number of rotatable bonds is 5. The highest BCUT2D eigenvalue weighted by Gasteiger charge is 2.24. The van der Waals surface area contributed by atoms with Crippen molar-refractivity contribution >= 4 is 11.7 Å². The molecule has 0 aliphatic carbocycles. The van der Waals surface area contributed by atoms with Crippen LogP contribution in [0.2, 0.25) is 0 Å². The summed E-state index contributed by atoms with van der Waals surface area (Å²) in [4.78, 5) is 14.4. The number of anilines is 1. The summed E-state index contributed by atoms with van der Waals surface area (Å²) in [7, 11) is 0. The quantitative estimate of drug-likeness (QED) is 0.844. The Labute approximate surface area is 126 Å². The summed E-state index contributed by atoms with van der Waals surface area (Å²) in [6.45, 7) is 9.54. The minimum Gasteiger partial charge on any atom is -0.353 e. The minimum atomic E-state index is -0.0191. The molecule has 1 fully saturated rings. The summed E-state index contributed by atoms with van der Waals surface area (Å²) < 4.78 is 0. The Kier molecular flexibility index (Phi) is 5.31. The molecule has 2 rings (SSSR count). The molecule has 0 saturated carbocycles. The normalized spacial score (nSPS) is 19.9. The van der Waals surface area contributed by atoms with E-state index in [9.17, 15) is 4.79 Å². The van der Waals surface area contributed by atoms with Crippen LogP contribution in [0.25, 0.3) is 0 Å². The smallest absolute Gasteiger partial charge is 0.223 e. The van der Waals surface area contributed by atoms with Gasteiger partial charge in [-0.3, -0.25) is 4.79 Å². The molecule has 2 heterocycles. The molecule has 1 N–H and O–H groups in total. The lowest BCUT2D eigenvalue weighted by atomic mass is 10.0. The van der Waals surface area contributed by atoms with Crippen LogP contribution >= 0.6 is 0 Å². The summed E-state index contributed by atoms with van der Waals surface area (Å²) in [6, 6.07) is 4.03. The van der Waals surface area contributed by atoms with Gasteiger partial charge in [-0.15, -0.1) is 11.7 Å². The van der Waals surface area contributed by atoms with E-state index in [2.05, 4.69) is 27.0 Å². The zero-order valence-corrected chi connectivity index (χ0v) is 12.9. The molecule has 1 aliphatic rings. The number of amides is 1. The summed E-state index contributed by atoms with van der Waals surface area (Å²) in [6.07, 6.45) is 4.48. The Bertz CT molecular complexity index is 488. The van der Waals surface area contributed by atoms with Gasteiger partial charge in [0, 0.05) is 31.2 Å². The Morgan fingerprint density at radius 1 is 1.62 bits per heavy atom. The van der Waals surface area contributed by atoms with Gasteiger partial charge >= 0.3 is 0 Å². The molecular weight excluding hydrogens is 264 g/mol. The van der Waals surface area contributed by atoms with Crippen molar-refractivity contribution in [3.63, 3.8) is 0 Å². The summed E-state index contributed by atoms with van der Waals surface area (Å²) in [5, 5.41) is 11.2. The van der Waals surface area contributed by atoms with Crippen LogP contribution in [-0.2, 0) is 4.79 Å². The van der Waals surface area contributed by atoms with Gasteiger partial charge in [0.25, 0.3) is 0 Å². The first-order chi connectivity index (χ1) is 10.1. The predicted octanol–water partition coefficient (Wildman–Crippen LogP) is 2.16. The summed E-state index contributed by atoms with van der Waals surface area (Å²) in [5.41, 5.74) is 1.04. The Morgan fingerprint density at radius 2 is 2.43 bits per heavy atom. The van der Waals surface area contributed by atoms with Crippen LogP contribution in [0.3, 0.4) is 0 Å². The zero-order valence-electron chi connectivity index (χ0n) is 12.9. The number of piperidine rings is 1. The van der Waals surface area contributed by atoms with Gasteiger partial charge in [0.2, 0.25) is 5.91 Å². The molecule has 1 saturated heterocycles. The van der Waals surface area contributed by atoms with Crippen LogP contribution in [0.4, 0.5) is 5.82 Å². The van der Waals surface area contributed by atoms with Crippen LogP contribution < -0.4 is 10.2 Å². The van der Waals surface area contributed by atoms with Gasteiger partial charge in [-0.25, -0.2) is 0 Å². The third kappa shape index (κ3) is 4.55. The maximum absolute atomic E-state index is 12.2. The molecule has 0 radical (unpaired) electrons. The van der Waals surface area contributed by atoms with Crippen LogP contribution in [0.5, 0.6) is 0 Å². The standard InChI is InChI=1S/C16H24N4O/c1-12(2)10-13(3)16(21)18-14-6-5-9-20(11-14)15-7-4-8-17-19-15/h4,7-8,13-14H,1,5-6,9-11H2,2-3H3,(H,18,21). The third-order valence-electron chi connectivity index (χ3n) is 3.75. The highest BCUT2D eigenvalue weighted by atomic mass is 16.1. The molecule has 21 heavy (non-hydrogen) atoms. The molecule has 2 atom stereocenters. The number of nitrogens with one attached hydrogen (secondary N) is 1. The Hall–Kier alpha value is -1.91. The molecule has 1 amide bonds. The van der Waals surface area contributed by atoms with Crippen molar-refractivity contribution < 1.29 is 4.79 Å². The minimum absolute atomic E-state index is 0.0191. The number of hydrogen-bond donors (Lipinski definition) is 1. The highest BCUT2D eigenvalue weighted by molar-refractivity contribution is 5.79. The second-order valence-corrected chi connectivity index (χ2v) is 5.94. The van der Waals surface area contributed by atoms with Crippen molar-refractivity contribution in [1.29, 1.82) is 0 Å². The fraction of sp³-hybridized carbons (Fsp3) is 0.562. The lowest BCUT2D eigenvalue weighted by Crippen LogP contribution is -2.49. The number of carbonyl (C=O) groups excluding carboxylic acids is 1.